The molecule has 0 aromatic rings. The molecule has 1 aliphatic carbocycles. The van der Waals surface area contributed by atoms with E-state index in [1.165, 1.54) is 0 Å². The predicted octanol–water partition coefficient (Wildman–Crippen LogP) is 2.20. The molecule has 4 nitrogen and oxygen atoms in total. The van der Waals surface area contributed by atoms with E-state index in [9.17, 15) is 4.79 Å². The molecule has 18 heavy (non-hydrogen) atoms. The lowest BCUT2D eigenvalue weighted by atomic mass is 9.69. The van der Waals surface area contributed by atoms with Gasteiger partial charge in [0.05, 0.1) is 0 Å². The van der Waals surface area contributed by atoms with Crippen LogP contribution >= 0.6 is 0 Å². The third-order valence-corrected chi connectivity index (χ3v) is 3.90. The molecule has 2 N–H and O–H groups in total. The van der Waals surface area contributed by atoms with Gasteiger partial charge < -0.3 is 5.32 Å². The third-order valence-electron chi connectivity index (χ3n) is 3.90. The number of aliphatic imine (C=N–C) groups is 1. The molecule has 0 aromatic carbocycles. The topological polar surface area (TPSA) is 53.5 Å². The number of hydrogen-bond donors (Lipinski definition) is 2. The summed E-state index contributed by atoms with van der Waals surface area (Å²) in [6.07, 6.45) is 3.85. The van der Waals surface area contributed by atoms with Crippen LogP contribution in [0.1, 0.15) is 60.3 Å². The molecule has 1 aliphatic heterocycles. The van der Waals surface area contributed by atoms with E-state index in [2.05, 4.69) is 50.2 Å². The Balaban J connectivity index is 2.12. The zero-order chi connectivity index (χ0) is 13.6. The van der Waals surface area contributed by atoms with Crippen molar-refractivity contribution in [2.75, 3.05) is 0 Å². The van der Waals surface area contributed by atoms with Gasteiger partial charge >= 0.3 is 0 Å². The number of rotatable bonds is 0. The van der Waals surface area contributed by atoms with E-state index < -0.39 is 5.54 Å². The highest BCUT2D eigenvalue weighted by molar-refractivity contribution is 6.07. The molecule has 0 radical (unpaired) electrons. The highest BCUT2D eigenvalue weighted by Gasteiger charge is 2.47. The van der Waals surface area contributed by atoms with Crippen LogP contribution in [0.15, 0.2) is 4.99 Å². The van der Waals surface area contributed by atoms with Crippen molar-refractivity contribution in [1.29, 1.82) is 0 Å². The van der Waals surface area contributed by atoms with Gasteiger partial charge in [-0.3, -0.25) is 10.1 Å². The van der Waals surface area contributed by atoms with E-state index >= 15 is 0 Å². The van der Waals surface area contributed by atoms with Gasteiger partial charge in [0.2, 0.25) is 0 Å². The molecule has 2 aliphatic rings. The van der Waals surface area contributed by atoms with Gasteiger partial charge in [-0.15, -0.1) is 0 Å². The Morgan fingerprint density at radius 3 is 2.22 bits per heavy atom. The van der Waals surface area contributed by atoms with E-state index in [0.717, 1.165) is 25.7 Å². The van der Waals surface area contributed by atoms with Crippen LogP contribution in [-0.2, 0) is 4.79 Å². The fourth-order valence-corrected chi connectivity index (χ4v) is 2.61. The normalized spacial score (nSPS) is 25.8. The highest BCUT2D eigenvalue weighted by atomic mass is 16.2. The molecule has 2 rings (SSSR count). The average molecular weight is 251 g/mol. The molecule has 1 fully saturated rings. The van der Waals surface area contributed by atoms with Gasteiger partial charge in [0.25, 0.3) is 5.91 Å². The standard InChI is InChI=1S/C14H25N3O/c1-12(2,3)16-11-15-10(18)14(17-11)8-6-13(4,5)7-9-14/h6-9H2,1-5H3,(H2,15,16,17,18). The minimum Gasteiger partial charge on any atom is -0.351 e. The van der Waals surface area contributed by atoms with Crippen molar-refractivity contribution in [2.24, 2.45) is 10.4 Å². The van der Waals surface area contributed by atoms with Crippen molar-refractivity contribution in [3.8, 4) is 0 Å². The molecular formula is C14H25N3O. The molecular weight excluding hydrogens is 226 g/mol. The summed E-state index contributed by atoms with van der Waals surface area (Å²) in [6.45, 7) is 10.7. The Morgan fingerprint density at radius 2 is 1.72 bits per heavy atom. The Bertz CT molecular complexity index is 380. The van der Waals surface area contributed by atoms with Crippen LogP contribution in [0.3, 0.4) is 0 Å². The number of carbonyl (C=O) groups is 1. The van der Waals surface area contributed by atoms with Gasteiger partial charge in [0.1, 0.15) is 5.54 Å². The fourth-order valence-electron chi connectivity index (χ4n) is 2.61. The van der Waals surface area contributed by atoms with Crippen LogP contribution in [0.5, 0.6) is 0 Å². The van der Waals surface area contributed by atoms with Crippen molar-refractivity contribution in [2.45, 2.75) is 71.4 Å². The Kier molecular flexibility index (Phi) is 2.95. The first-order chi connectivity index (χ1) is 8.12. The summed E-state index contributed by atoms with van der Waals surface area (Å²) >= 11 is 0. The first-order valence-electron chi connectivity index (χ1n) is 6.82. The summed E-state index contributed by atoms with van der Waals surface area (Å²) in [7, 11) is 0. The zero-order valence-corrected chi connectivity index (χ0v) is 12.2. The molecule has 0 bridgehead atoms. The number of carbonyl (C=O) groups excluding carboxylic acids is 1. The maximum atomic E-state index is 12.2. The van der Waals surface area contributed by atoms with Gasteiger partial charge in [-0.25, -0.2) is 4.99 Å². The molecule has 0 saturated heterocycles. The molecule has 4 heteroatoms. The quantitative estimate of drug-likeness (QED) is 0.693. The Labute approximate surface area is 110 Å². The zero-order valence-electron chi connectivity index (χ0n) is 12.2. The fraction of sp³-hybridized carbons (Fsp3) is 0.857. The second-order valence-corrected chi connectivity index (χ2v) is 7.49. The van der Waals surface area contributed by atoms with Crippen LogP contribution in [0, 0.1) is 5.41 Å². The number of nitrogens with zero attached hydrogens (tertiary/aromatic N) is 1. The van der Waals surface area contributed by atoms with Crippen molar-refractivity contribution >= 4 is 11.9 Å². The van der Waals surface area contributed by atoms with Crippen molar-refractivity contribution in [3.05, 3.63) is 0 Å². The van der Waals surface area contributed by atoms with E-state index in [4.69, 9.17) is 0 Å². The third kappa shape index (κ3) is 2.68. The van der Waals surface area contributed by atoms with Gasteiger partial charge in [-0.2, -0.15) is 0 Å². The molecule has 0 unspecified atom stereocenters. The Hall–Kier alpha value is -1.06. The maximum Gasteiger partial charge on any atom is 0.254 e. The van der Waals surface area contributed by atoms with Gasteiger partial charge in [-0.1, -0.05) is 13.8 Å². The summed E-state index contributed by atoms with van der Waals surface area (Å²) in [4.78, 5) is 16.8. The first kappa shape index (κ1) is 13.4. The summed E-state index contributed by atoms with van der Waals surface area (Å²) in [5, 5.41) is 6.16. The maximum absolute atomic E-state index is 12.2. The molecule has 0 aromatic heterocycles. The van der Waals surface area contributed by atoms with Crippen molar-refractivity contribution < 1.29 is 4.79 Å². The van der Waals surface area contributed by atoms with Crippen LogP contribution in [0.4, 0.5) is 0 Å². The Morgan fingerprint density at radius 1 is 1.17 bits per heavy atom. The average Bonchev–Trinajstić information content (AvgIpc) is 2.46. The monoisotopic (exact) mass is 251 g/mol. The molecule has 1 amide bonds. The molecule has 0 atom stereocenters. The number of hydrogen-bond acceptors (Lipinski definition) is 3. The molecule has 1 heterocycles. The summed E-state index contributed by atoms with van der Waals surface area (Å²) in [6, 6.07) is 0. The van der Waals surface area contributed by atoms with E-state index in [1.54, 1.807) is 0 Å². The lowest BCUT2D eigenvalue weighted by Crippen LogP contribution is -2.48. The van der Waals surface area contributed by atoms with Crippen LogP contribution in [0.2, 0.25) is 0 Å². The van der Waals surface area contributed by atoms with E-state index in [1.807, 2.05) is 0 Å². The highest BCUT2D eigenvalue weighted by Crippen LogP contribution is 2.43. The largest absolute Gasteiger partial charge is 0.351 e. The summed E-state index contributed by atoms with van der Waals surface area (Å²) in [5.41, 5.74) is -0.226. The lowest BCUT2D eigenvalue weighted by Gasteiger charge is -2.37. The van der Waals surface area contributed by atoms with Crippen LogP contribution < -0.4 is 10.6 Å². The van der Waals surface area contributed by atoms with Gasteiger partial charge in [0.15, 0.2) is 5.96 Å². The SMILES string of the molecule is CC1(C)CCC2(CC1)N=C(NC(C)(C)C)NC2=O. The number of guanidine groups is 1. The second-order valence-electron chi connectivity index (χ2n) is 7.49. The van der Waals surface area contributed by atoms with E-state index in [-0.39, 0.29) is 11.4 Å². The summed E-state index contributed by atoms with van der Waals surface area (Å²) < 4.78 is 0. The second kappa shape index (κ2) is 3.97. The van der Waals surface area contributed by atoms with Gasteiger partial charge in [-0.05, 0) is 51.9 Å². The molecule has 1 spiro atoms. The lowest BCUT2D eigenvalue weighted by molar-refractivity contribution is -0.125. The first-order valence-corrected chi connectivity index (χ1v) is 6.82. The van der Waals surface area contributed by atoms with E-state index in [0.29, 0.717) is 11.4 Å². The minimum absolute atomic E-state index is 0.0738. The van der Waals surface area contributed by atoms with Crippen molar-refractivity contribution in [3.63, 3.8) is 0 Å². The van der Waals surface area contributed by atoms with Gasteiger partial charge in [0, 0.05) is 5.54 Å². The minimum atomic E-state index is -0.497. The number of nitrogens with one attached hydrogen (secondary N) is 2. The van der Waals surface area contributed by atoms with Crippen LogP contribution in [-0.4, -0.2) is 22.9 Å². The summed E-state index contributed by atoms with van der Waals surface area (Å²) in [5.74, 6) is 0.719. The smallest absolute Gasteiger partial charge is 0.254 e. The van der Waals surface area contributed by atoms with Crippen LogP contribution in [0.25, 0.3) is 0 Å². The predicted molar refractivity (Wildman–Crippen MR) is 73.4 cm³/mol. The molecule has 102 valence electrons. The molecule has 1 saturated carbocycles. The van der Waals surface area contributed by atoms with Crippen molar-refractivity contribution in [1.82, 2.24) is 10.6 Å². The number of amides is 1.